The molecule has 1 radical (unpaired) electrons. The van der Waals surface area contributed by atoms with Gasteiger partial charge in [0.15, 0.2) is 0 Å². The summed E-state index contributed by atoms with van der Waals surface area (Å²) in [6.07, 6.45) is 12.5. The van der Waals surface area contributed by atoms with E-state index in [2.05, 4.69) is 6.92 Å². The normalized spacial score (nSPS) is 43.2. The van der Waals surface area contributed by atoms with Crippen molar-refractivity contribution in [3.63, 3.8) is 0 Å². The van der Waals surface area contributed by atoms with Crippen LogP contribution in [0.5, 0.6) is 0 Å². The highest BCUT2D eigenvalue weighted by Gasteiger charge is 2.56. The van der Waals surface area contributed by atoms with E-state index >= 15 is 8.78 Å². The molecule has 1 heterocycles. The number of thioether (sulfide) groups is 1. The van der Waals surface area contributed by atoms with E-state index in [1.54, 1.807) is 11.8 Å². The highest BCUT2D eigenvalue weighted by molar-refractivity contribution is 8.00. The summed E-state index contributed by atoms with van der Waals surface area (Å²) < 4.78 is 42.9. The van der Waals surface area contributed by atoms with Crippen LogP contribution in [0, 0.1) is 29.6 Å². The Morgan fingerprint density at radius 1 is 0.781 bits per heavy atom. The molecule has 0 aromatic carbocycles. The molecule has 5 fully saturated rings. The van der Waals surface area contributed by atoms with Gasteiger partial charge in [0.25, 0.3) is 0 Å². The zero-order valence-corrected chi connectivity index (χ0v) is 20.7. The van der Waals surface area contributed by atoms with Crippen LogP contribution >= 0.6 is 11.8 Å². The van der Waals surface area contributed by atoms with Gasteiger partial charge in [-0.2, -0.15) is 0 Å². The van der Waals surface area contributed by atoms with E-state index in [0.29, 0.717) is 25.0 Å². The third kappa shape index (κ3) is 5.35. The van der Waals surface area contributed by atoms with Crippen LogP contribution in [0.3, 0.4) is 0 Å². The number of hydrogen-bond donors (Lipinski definition) is 0. The van der Waals surface area contributed by atoms with Crippen LogP contribution in [0.4, 0.5) is 8.78 Å². The number of fused-ring (bicyclic) bond motifs is 3. The highest BCUT2D eigenvalue weighted by Crippen LogP contribution is 2.56. The molecule has 8 atom stereocenters. The monoisotopic (exact) mass is 469 g/mol. The summed E-state index contributed by atoms with van der Waals surface area (Å²) >= 11 is 1.60. The predicted octanol–water partition coefficient (Wildman–Crippen LogP) is 7.10. The number of halogens is 2. The number of alkyl halides is 2. The lowest BCUT2D eigenvalue weighted by molar-refractivity contribution is -0.0540. The first-order valence-corrected chi connectivity index (χ1v) is 14.6. The van der Waals surface area contributed by atoms with Crippen LogP contribution in [-0.2, 0) is 9.47 Å². The maximum Gasteiger partial charge on any atom is 0.138 e. The van der Waals surface area contributed by atoms with Crippen molar-refractivity contribution < 1.29 is 18.3 Å². The van der Waals surface area contributed by atoms with Gasteiger partial charge in [-0.3, -0.25) is 0 Å². The van der Waals surface area contributed by atoms with Gasteiger partial charge in [-0.1, -0.05) is 26.2 Å². The minimum absolute atomic E-state index is 0.0847. The molecule has 8 unspecified atom stereocenters. The average Bonchev–Trinajstić information content (AvgIpc) is 3.53. The lowest BCUT2D eigenvalue weighted by atomic mass is 9.71. The standard InChI is InChI=1S/C27H43F2O2S/c1-2-3-14-30-22-12-10-20-21-11-13-23(25(29)27(21)32-26(20)24(22)28)31-16-19-8-6-18(7-9-19)15-17-4-5-17/h17-18,20-27H,2-16H2,1H3. The summed E-state index contributed by atoms with van der Waals surface area (Å²) in [5.74, 6) is 4.07. The van der Waals surface area contributed by atoms with Crippen LogP contribution in [0.25, 0.3) is 0 Å². The summed E-state index contributed by atoms with van der Waals surface area (Å²) in [5.41, 5.74) is 0. The molecule has 4 saturated carbocycles. The van der Waals surface area contributed by atoms with E-state index in [1.165, 1.54) is 50.9 Å². The zero-order valence-electron chi connectivity index (χ0n) is 19.9. The molecular weight excluding hydrogens is 426 g/mol. The summed E-state index contributed by atoms with van der Waals surface area (Å²) in [6.45, 7) is 3.43. The molecule has 1 aliphatic heterocycles. The van der Waals surface area contributed by atoms with Crippen molar-refractivity contribution >= 4 is 11.8 Å². The summed E-state index contributed by atoms with van der Waals surface area (Å²) in [4.78, 5) is 0. The van der Waals surface area contributed by atoms with Crippen LogP contribution in [0.15, 0.2) is 0 Å². The van der Waals surface area contributed by atoms with Gasteiger partial charge in [0, 0.05) is 23.0 Å². The van der Waals surface area contributed by atoms with E-state index < -0.39 is 12.3 Å². The molecule has 4 aliphatic carbocycles. The lowest BCUT2D eigenvalue weighted by Crippen LogP contribution is -2.45. The van der Waals surface area contributed by atoms with Gasteiger partial charge in [0.05, 0.1) is 18.8 Å². The summed E-state index contributed by atoms with van der Waals surface area (Å²) in [5, 5.41) is -0.172. The van der Waals surface area contributed by atoms with E-state index in [9.17, 15) is 0 Å². The van der Waals surface area contributed by atoms with Crippen molar-refractivity contribution in [3.05, 3.63) is 5.92 Å². The Balaban J connectivity index is 1.08. The van der Waals surface area contributed by atoms with Gasteiger partial charge in [-0.05, 0) is 87.9 Å². The molecule has 0 spiro atoms. The molecule has 1 saturated heterocycles. The number of ether oxygens (including phenoxy) is 2. The van der Waals surface area contributed by atoms with E-state index in [0.717, 1.165) is 50.4 Å². The van der Waals surface area contributed by atoms with Crippen molar-refractivity contribution in [2.75, 3.05) is 13.2 Å². The molecule has 5 aliphatic rings. The van der Waals surface area contributed by atoms with Crippen molar-refractivity contribution in [3.8, 4) is 0 Å². The minimum Gasteiger partial charge on any atom is -0.375 e. The second-order valence-corrected chi connectivity index (χ2v) is 12.8. The molecule has 0 aromatic heterocycles. The van der Waals surface area contributed by atoms with Gasteiger partial charge < -0.3 is 9.47 Å². The van der Waals surface area contributed by atoms with Gasteiger partial charge in [-0.15, -0.1) is 11.8 Å². The van der Waals surface area contributed by atoms with Gasteiger partial charge in [0.2, 0.25) is 0 Å². The third-order valence-electron chi connectivity index (χ3n) is 9.12. The van der Waals surface area contributed by atoms with Crippen molar-refractivity contribution in [2.24, 2.45) is 23.7 Å². The average molecular weight is 470 g/mol. The van der Waals surface area contributed by atoms with E-state index in [-0.39, 0.29) is 22.7 Å². The maximum atomic E-state index is 15.6. The topological polar surface area (TPSA) is 18.5 Å². The van der Waals surface area contributed by atoms with E-state index in [4.69, 9.17) is 9.47 Å². The Labute approximate surface area is 198 Å². The number of unbranched alkanes of at least 4 members (excludes halogenated alkanes) is 1. The van der Waals surface area contributed by atoms with Crippen molar-refractivity contribution in [1.82, 2.24) is 0 Å². The number of hydrogen-bond acceptors (Lipinski definition) is 3. The summed E-state index contributed by atoms with van der Waals surface area (Å²) in [7, 11) is 0. The van der Waals surface area contributed by atoms with Crippen LogP contribution in [0.1, 0.15) is 90.4 Å². The fourth-order valence-electron chi connectivity index (χ4n) is 6.95. The SMILES string of the molecule is CCCCOC1CCC2C3CCC(OC[C]4CCC(CC5CC5)CC4)C(F)C3SC2C1F. The quantitative estimate of drug-likeness (QED) is 0.336. The predicted molar refractivity (Wildman–Crippen MR) is 127 cm³/mol. The Bertz CT molecular complexity index is 594. The second-order valence-electron chi connectivity index (χ2n) is 11.4. The fourth-order valence-corrected chi connectivity index (χ4v) is 9.04. The second kappa shape index (κ2) is 10.8. The van der Waals surface area contributed by atoms with Gasteiger partial charge in [0.1, 0.15) is 12.3 Å². The molecule has 183 valence electrons. The third-order valence-corrected chi connectivity index (χ3v) is 11.0. The van der Waals surface area contributed by atoms with Gasteiger partial charge in [-0.25, -0.2) is 8.78 Å². The Kier molecular flexibility index (Phi) is 8.06. The van der Waals surface area contributed by atoms with Gasteiger partial charge >= 0.3 is 0 Å². The van der Waals surface area contributed by atoms with E-state index in [1.807, 2.05) is 0 Å². The van der Waals surface area contributed by atoms with Crippen LogP contribution < -0.4 is 0 Å². The van der Waals surface area contributed by atoms with Crippen LogP contribution in [0.2, 0.25) is 0 Å². The molecule has 0 bridgehead atoms. The maximum absolute atomic E-state index is 15.6. The highest BCUT2D eigenvalue weighted by atomic mass is 32.2. The summed E-state index contributed by atoms with van der Waals surface area (Å²) in [6, 6.07) is 0. The molecule has 2 nitrogen and oxygen atoms in total. The first-order chi connectivity index (χ1) is 15.6. The lowest BCUT2D eigenvalue weighted by Gasteiger charge is -2.39. The first kappa shape index (κ1) is 23.9. The number of rotatable bonds is 9. The Morgan fingerprint density at radius 2 is 1.38 bits per heavy atom. The molecular formula is C27H43F2O2S. The first-order valence-electron chi connectivity index (χ1n) is 13.6. The smallest absolute Gasteiger partial charge is 0.138 e. The van der Waals surface area contributed by atoms with Crippen LogP contribution in [-0.4, -0.2) is 48.3 Å². The molecule has 5 rings (SSSR count). The largest absolute Gasteiger partial charge is 0.375 e. The molecule has 0 N–H and O–H groups in total. The molecule has 0 aromatic rings. The Morgan fingerprint density at radius 3 is 1.97 bits per heavy atom. The molecule has 32 heavy (non-hydrogen) atoms. The zero-order chi connectivity index (χ0) is 22.1. The molecule has 0 amide bonds. The minimum atomic E-state index is -0.956. The molecule has 5 heteroatoms. The Hall–Kier alpha value is 0.130. The fraction of sp³-hybridized carbons (Fsp3) is 0.963. The van der Waals surface area contributed by atoms with Crippen molar-refractivity contribution in [1.29, 1.82) is 0 Å². The van der Waals surface area contributed by atoms with Crippen molar-refractivity contribution in [2.45, 2.75) is 125 Å².